The van der Waals surface area contributed by atoms with Gasteiger partial charge in [0.05, 0.1) is 12.4 Å². The van der Waals surface area contributed by atoms with Crippen LogP contribution in [-0.4, -0.2) is 28.2 Å². The molecule has 17 heavy (non-hydrogen) atoms. The van der Waals surface area contributed by atoms with Gasteiger partial charge in [0, 0.05) is 13.2 Å². The molecule has 2 rings (SSSR count). The minimum Gasteiger partial charge on any atom is -0.396 e. The number of rotatable bonds is 5. The second-order valence-electron chi connectivity index (χ2n) is 4.45. The lowest BCUT2D eigenvalue weighted by Gasteiger charge is -2.18. The quantitative estimate of drug-likeness (QED) is 0.442. The predicted octanol–water partition coefficient (Wildman–Crippen LogP) is 0.583. The van der Waals surface area contributed by atoms with Gasteiger partial charge in [0.25, 0.3) is 0 Å². The monoisotopic (exact) mass is 237 g/mol. The molecule has 2 unspecified atom stereocenters. The van der Waals surface area contributed by atoms with Gasteiger partial charge in [0.1, 0.15) is 5.82 Å². The summed E-state index contributed by atoms with van der Waals surface area (Å²) in [7, 11) is 0. The van der Waals surface area contributed by atoms with Crippen LogP contribution in [0, 0.1) is 11.8 Å². The summed E-state index contributed by atoms with van der Waals surface area (Å²) in [4.78, 5) is 8.25. The van der Waals surface area contributed by atoms with Crippen molar-refractivity contribution in [3.63, 3.8) is 0 Å². The van der Waals surface area contributed by atoms with E-state index in [0.717, 1.165) is 13.0 Å². The van der Waals surface area contributed by atoms with Crippen LogP contribution in [0.1, 0.15) is 19.3 Å². The van der Waals surface area contributed by atoms with Crippen LogP contribution in [0.2, 0.25) is 0 Å². The van der Waals surface area contributed by atoms with Crippen LogP contribution < -0.4 is 16.6 Å². The number of hydrogen-bond donors (Lipinski definition) is 4. The summed E-state index contributed by atoms with van der Waals surface area (Å²) in [5.74, 6) is 7.47. The number of nitrogens with zero attached hydrogens (tertiary/aromatic N) is 2. The highest BCUT2D eigenvalue weighted by atomic mass is 16.3. The number of anilines is 2. The minimum absolute atomic E-state index is 0.280. The molecule has 6 nitrogen and oxygen atoms in total. The molecule has 0 amide bonds. The molecule has 94 valence electrons. The topological polar surface area (TPSA) is 96.1 Å². The number of aliphatic hydroxyl groups excluding tert-OH is 1. The lowest BCUT2D eigenvalue weighted by molar-refractivity contribution is 0.199. The highest BCUT2D eigenvalue weighted by Crippen LogP contribution is 2.31. The van der Waals surface area contributed by atoms with Gasteiger partial charge in [0.2, 0.25) is 0 Å². The summed E-state index contributed by atoms with van der Waals surface area (Å²) in [6.07, 6.45) is 6.73. The van der Waals surface area contributed by atoms with E-state index in [1.807, 2.05) is 0 Å². The van der Waals surface area contributed by atoms with Crippen molar-refractivity contribution in [2.45, 2.75) is 19.3 Å². The molecule has 1 fully saturated rings. The van der Waals surface area contributed by atoms with Crippen LogP contribution in [0.15, 0.2) is 12.4 Å². The van der Waals surface area contributed by atoms with E-state index in [1.165, 1.54) is 12.8 Å². The van der Waals surface area contributed by atoms with Gasteiger partial charge in [-0.05, 0) is 24.7 Å². The Morgan fingerprint density at radius 1 is 1.29 bits per heavy atom. The van der Waals surface area contributed by atoms with E-state index in [9.17, 15) is 5.11 Å². The van der Waals surface area contributed by atoms with Crippen molar-refractivity contribution in [2.24, 2.45) is 17.7 Å². The molecule has 0 radical (unpaired) electrons. The summed E-state index contributed by atoms with van der Waals surface area (Å²) in [5, 5.41) is 12.5. The van der Waals surface area contributed by atoms with E-state index < -0.39 is 0 Å². The van der Waals surface area contributed by atoms with Crippen molar-refractivity contribution >= 4 is 11.6 Å². The molecule has 0 bridgehead atoms. The molecule has 1 aliphatic rings. The molecule has 0 saturated heterocycles. The molecule has 1 heterocycles. The average Bonchev–Trinajstić information content (AvgIpc) is 2.84. The van der Waals surface area contributed by atoms with E-state index in [-0.39, 0.29) is 6.61 Å². The molecule has 1 aliphatic carbocycles. The van der Waals surface area contributed by atoms with E-state index in [0.29, 0.717) is 23.5 Å². The maximum Gasteiger partial charge on any atom is 0.160 e. The summed E-state index contributed by atoms with van der Waals surface area (Å²) < 4.78 is 0. The minimum atomic E-state index is 0.280. The number of nitrogens with one attached hydrogen (secondary N) is 2. The van der Waals surface area contributed by atoms with Gasteiger partial charge in [-0.2, -0.15) is 0 Å². The SMILES string of the molecule is NNc1cncc(NCC2CCCC2CO)n1. The molecule has 0 spiro atoms. The van der Waals surface area contributed by atoms with Crippen molar-refractivity contribution in [3.8, 4) is 0 Å². The van der Waals surface area contributed by atoms with Gasteiger partial charge in [-0.25, -0.2) is 10.8 Å². The first-order chi connectivity index (χ1) is 8.33. The van der Waals surface area contributed by atoms with Crippen LogP contribution in [0.5, 0.6) is 0 Å². The second-order valence-corrected chi connectivity index (χ2v) is 4.45. The van der Waals surface area contributed by atoms with E-state index in [1.54, 1.807) is 12.4 Å². The number of nitrogen functional groups attached to an aromatic ring is 1. The molecular weight excluding hydrogens is 218 g/mol. The maximum atomic E-state index is 9.23. The van der Waals surface area contributed by atoms with Crippen molar-refractivity contribution in [1.82, 2.24) is 9.97 Å². The summed E-state index contributed by atoms with van der Waals surface area (Å²) in [6, 6.07) is 0. The largest absolute Gasteiger partial charge is 0.396 e. The average molecular weight is 237 g/mol. The van der Waals surface area contributed by atoms with Crippen LogP contribution in [0.3, 0.4) is 0 Å². The van der Waals surface area contributed by atoms with Gasteiger partial charge in [-0.15, -0.1) is 0 Å². The Kier molecular flexibility index (Phi) is 4.11. The number of hydrogen-bond acceptors (Lipinski definition) is 6. The Balaban J connectivity index is 1.88. The molecule has 6 heteroatoms. The first-order valence-electron chi connectivity index (χ1n) is 5.97. The summed E-state index contributed by atoms with van der Waals surface area (Å²) in [5.41, 5.74) is 2.46. The normalized spacial score (nSPS) is 23.6. The third-order valence-corrected chi connectivity index (χ3v) is 3.38. The van der Waals surface area contributed by atoms with Gasteiger partial charge in [0.15, 0.2) is 5.82 Å². The maximum absolute atomic E-state index is 9.23. The zero-order valence-corrected chi connectivity index (χ0v) is 9.76. The van der Waals surface area contributed by atoms with E-state index in [4.69, 9.17) is 5.84 Å². The van der Waals surface area contributed by atoms with Gasteiger partial charge in [-0.3, -0.25) is 4.98 Å². The third-order valence-electron chi connectivity index (χ3n) is 3.38. The van der Waals surface area contributed by atoms with E-state index in [2.05, 4.69) is 20.7 Å². The highest BCUT2D eigenvalue weighted by molar-refractivity contribution is 5.40. The van der Waals surface area contributed by atoms with Gasteiger partial charge >= 0.3 is 0 Å². The fourth-order valence-electron chi connectivity index (χ4n) is 2.38. The number of nitrogens with two attached hydrogens (primary N) is 1. The molecule has 1 aromatic heterocycles. The Morgan fingerprint density at radius 3 is 2.82 bits per heavy atom. The van der Waals surface area contributed by atoms with Crippen LogP contribution in [0.25, 0.3) is 0 Å². The number of aliphatic hydroxyl groups is 1. The van der Waals surface area contributed by atoms with Crippen LogP contribution in [-0.2, 0) is 0 Å². The van der Waals surface area contributed by atoms with Crippen molar-refractivity contribution in [1.29, 1.82) is 0 Å². The third kappa shape index (κ3) is 3.04. The fraction of sp³-hybridized carbons (Fsp3) is 0.636. The van der Waals surface area contributed by atoms with Crippen molar-refractivity contribution in [3.05, 3.63) is 12.4 Å². The predicted molar refractivity (Wildman–Crippen MR) is 66.2 cm³/mol. The molecule has 1 aromatic rings. The fourth-order valence-corrected chi connectivity index (χ4v) is 2.38. The summed E-state index contributed by atoms with van der Waals surface area (Å²) in [6.45, 7) is 1.11. The smallest absolute Gasteiger partial charge is 0.160 e. The van der Waals surface area contributed by atoms with Crippen LogP contribution >= 0.6 is 0 Å². The molecular formula is C11H19N5O. The first-order valence-corrected chi connectivity index (χ1v) is 5.97. The molecule has 2 atom stereocenters. The Morgan fingerprint density at radius 2 is 2.06 bits per heavy atom. The van der Waals surface area contributed by atoms with Crippen molar-refractivity contribution in [2.75, 3.05) is 23.9 Å². The molecule has 5 N–H and O–H groups in total. The lowest BCUT2D eigenvalue weighted by Crippen LogP contribution is -2.21. The molecule has 0 aliphatic heterocycles. The van der Waals surface area contributed by atoms with Gasteiger partial charge in [-0.1, -0.05) is 6.42 Å². The van der Waals surface area contributed by atoms with E-state index >= 15 is 0 Å². The number of hydrazine groups is 1. The Bertz CT molecular complexity index is 359. The standard InChI is InChI=1S/C11H19N5O/c12-16-11-6-13-5-10(15-11)14-4-8-2-1-3-9(8)7-17/h5-6,8-9,17H,1-4,7,12H2,(H2,14,15,16). The Hall–Kier alpha value is -1.40. The zero-order valence-electron chi connectivity index (χ0n) is 9.76. The second kappa shape index (κ2) is 5.79. The highest BCUT2D eigenvalue weighted by Gasteiger charge is 2.26. The molecule has 1 saturated carbocycles. The first kappa shape index (κ1) is 12.1. The molecule has 0 aromatic carbocycles. The lowest BCUT2D eigenvalue weighted by atomic mass is 9.97. The zero-order chi connectivity index (χ0) is 12.1. The Labute approximate surface area is 101 Å². The number of aromatic nitrogens is 2. The van der Waals surface area contributed by atoms with Crippen LogP contribution in [0.4, 0.5) is 11.6 Å². The van der Waals surface area contributed by atoms with Crippen molar-refractivity contribution < 1.29 is 5.11 Å². The van der Waals surface area contributed by atoms with Gasteiger partial charge < -0.3 is 15.8 Å². The summed E-state index contributed by atoms with van der Waals surface area (Å²) >= 11 is 0.